The average molecular weight is 288 g/mol. The van der Waals surface area contributed by atoms with Gasteiger partial charge in [0.2, 0.25) is 0 Å². The van der Waals surface area contributed by atoms with Crippen molar-refractivity contribution in [1.82, 2.24) is 10.2 Å². The monoisotopic (exact) mass is 288 g/mol. The number of carbonyl (C=O) groups is 2. The van der Waals surface area contributed by atoms with Crippen molar-refractivity contribution < 1.29 is 14.7 Å². The zero-order valence-electron chi connectivity index (χ0n) is 12.1. The van der Waals surface area contributed by atoms with E-state index < -0.39 is 5.54 Å². The maximum absolute atomic E-state index is 12.4. The lowest BCUT2D eigenvalue weighted by atomic mass is 9.75. The minimum atomic E-state index is -0.708. The van der Waals surface area contributed by atoms with Crippen molar-refractivity contribution in [3.63, 3.8) is 0 Å². The van der Waals surface area contributed by atoms with E-state index >= 15 is 0 Å². The number of rotatable bonds is 2. The van der Waals surface area contributed by atoms with Gasteiger partial charge in [-0.3, -0.25) is 10.1 Å². The van der Waals surface area contributed by atoms with Crippen LogP contribution >= 0.6 is 0 Å². The van der Waals surface area contributed by atoms with Crippen molar-refractivity contribution >= 4 is 11.9 Å². The molecule has 1 aromatic rings. The topological polar surface area (TPSA) is 69.6 Å². The fourth-order valence-electron chi connectivity index (χ4n) is 3.63. The zero-order chi connectivity index (χ0) is 15.0. The standard InChI is InChI=1S/C16H20N2O3/c1-11-4-3-7-16(9-11)14(20)17-15(21)18(16)10-12-5-2-6-13(19)8-12/h2,5-6,8,11,19H,3-4,7,9-10H2,1H3,(H,17,20,21). The fraction of sp³-hybridized carbons (Fsp3) is 0.500. The lowest BCUT2D eigenvalue weighted by molar-refractivity contribution is -0.129. The lowest BCUT2D eigenvalue weighted by Gasteiger charge is -2.40. The molecule has 0 aromatic heterocycles. The first-order valence-electron chi connectivity index (χ1n) is 7.42. The highest BCUT2D eigenvalue weighted by molar-refractivity contribution is 6.07. The molecule has 1 saturated heterocycles. The third-order valence-electron chi connectivity index (χ3n) is 4.63. The van der Waals surface area contributed by atoms with Gasteiger partial charge in [-0.25, -0.2) is 4.79 Å². The number of hydrogen-bond donors (Lipinski definition) is 2. The summed E-state index contributed by atoms with van der Waals surface area (Å²) in [6.45, 7) is 2.47. The molecule has 2 atom stereocenters. The highest BCUT2D eigenvalue weighted by Crippen LogP contribution is 2.40. The van der Waals surface area contributed by atoms with Crippen molar-refractivity contribution in [3.8, 4) is 5.75 Å². The van der Waals surface area contributed by atoms with Crippen LogP contribution in [0, 0.1) is 5.92 Å². The van der Waals surface area contributed by atoms with Gasteiger partial charge < -0.3 is 10.0 Å². The first-order valence-corrected chi connectivity index (χ1v) is 7.42. The molecule has 2 unspecified atom stereocenters. The third kappa shape index (κ3) is 2.37. The Hall–Kier alpha value is -2.04. The van der Waals surface area contributed by atoms with Crippen LogP contribution in [0.15, 0.2) is 24.3 Å². The summed E-state index contributed by atoms with van der Waals surface area (Å²) in [5.41, 5.74) is 0.123. The second-order valence-electron chi connectivity index (χ2n) is 6.25. The van der Waals surface area contributed by atoms with Crippen LogP contribution in [0.4, 0.5) is 4.79 Å². The van der Waals surface area contributed by atoms with Gasteiger partial charge in [-0.1, -0.05) is 31.9 Å². The first-order chi connectivity index (χ1) is 10.0. The Labute approximate surface area is 123 Å². The Bertz CT molecular complexity index is 587. The molecule has 3 rings (SSSR count). The summed E-state index contributed by atoms with van der Waals surface area (Å²) in [4.78, 5) is 26.2. The number of aromatic hydroxyl groups is 1. The summed E-state index contributed by atoms with van der Waals surface area (Å²) in [7, 11) is 0. The minimum absolute atomic E-state index is 0.167. The van der Waals surface area contributed by atoms with E-state index in [0.717, 1.165) is 18.4 Å². The van der Waals surface area contributed by atoms with Crippen LogP contribution in [0.2, 0.25) is 0 Å². The number of phenols is 1. The molecular formula is C16H20N2O3. The Morgan fingerprint density at radius 1 is 1.43 bits per heavy atom. The van der Waals surface area contributed by atoms with Gasteiger partial charge in [0.1, 0.15) is 11.3 Å². The Morgan fingerprint density at radius 3 is 2.95 bits per heavy atom. The van der Waals surface area contributed by atoms with Gasteiger partial charge in [0.25, 0.3) is 5.91 Å². The van der Waals surface area contributed by atoms with Crippen molar-refractivity contribution in [3.05, 3.63) is 29.8 Å². The zero-order valence-corrected chi connectivity index (χ0v) is 12.1. The van der Waals surface area contributed by atoms with E-state index in [2.05, 4.69) is 12.2 Å². The van der Waals surface area contributed by atoms with Gasteiger partial charge in [0.15, 0.2) is 0 Å². The molecule has 5 nitrogen and oxygen atoms in total. The maximum Gasteiger partial charge on any atom is 0.325 e. The van der Waals surface area contributed by atoms with Crippen LogP contribution in [-0.2, 0) is 11.3 Å². The molecular weight excluding hydrogens is 268 g/mol. The Morgan fingerprint density at radius 2 is 2.24 bits per heavy atom. The lowest BCUT2D eigenvalue weighted by Crippen LogP contribution is -2.52. The summed E-state index contributed by atoms with van der Waals surface area (Å²) in [5, 5.41) is 12.0. The Kier molecular flexibility index (Phi) is 3.35. The minimum Gasteiger partial charge on any atom is -0.508 e. The van der Waals surface area contributed by atoms with Gasteiger partial charge in [-0.15, -0.1) is 0 Å². The summed E-state index contributed by atoms with van der Waals surface area (Å²) in [6, 6.07) is 6.51. The van der Waals surface area contributed by atoms with Crippen LogP contribution in [0.1, 0.15) is 38.2 Å². The van der Waals surface area contributed by atoms with Crippen molar-refractivity contribution in [2.24, 2.45) is 5.92 Å². The van der Waals surface area contributed by atoms with Crippen molar-refractivity contribution in [2.45, 2.75) is 44.7 Å². The van der Waals surface area contributed by atoms with E-state index in [-0.39, 0.29) is 17.7 Å². The molecule has 5 heteroatoms. The molecule has 1 heterocycles. The van der Waals surface area contributed by atoms with Crippen LogP contribution < -0.4 is 5.32 Å². The molecule has 1 aliphatic carbocycles. The third-order valence-corrected chi connectivity index (χ3v) is 4.63. The number of nitrogens with zero attached hydrogens (tertiary/aromatic N) is 1. The molecule has 2 N–H and O–H groups in total. The highest BCUT2D eigenvalue weighted by atomic mass is 16.3. The average Bonchev–Trinajstić information content (AvgIpc) is 2.63. The maximum atomic E-state index is 12.4. The molecule has 0 bridgehead atoms. The predicted molar refractivity (Wildman–Crippen MR) is 77.6 cm³/mol. The van der Waals surface area contributed by atoms with Gasteiger partial charge in [0, 0.05) is 6.54 Å². The quantitative estimate of drug-likeness (QED) is 0.821. The van der Waals surface area contributed by atoms with Crippen LogP contribution in [0.5, 0.6) is 5.75 Å². The fourth-order valence-corrected chi connectivity index (χ4v) is 3.63. The first kappa shape index (κ1) is 13.9. The van der Waals surface area contributed by atoms with Gasteiger partial charge >= 0.3 is 6.03 Å². The van der Waals surface area contributed by atoms with Crippen molar-refractivity contribution in [2.75, 3.05) is 0 Å². The molecule has 1 aromatic carbocycles. The molecule has 0 radical (unpaired) electrons. The number of benzene rings is 1. The van der Waals surface area contributed by atoms with Gasteiger partial charge in [-0.05, 0) is 36.5 Å². The van der Waals surface area contributed by atoms with Crippen LogP contribution in [0.25, 0.3) is 0 Å². The van der Waals surface area contributed by atoms with E-state index in [1.54, 1.807) is 23.1 Å². The highest BCUT2D eigenvalue weighted by Gasteiger charge is 2.53. The normalized spacial score (nSPS) is 29.0. The number of amides is 3. The van der Waals surface area contributed by atoms with Gasteiger partial charge in [-0.2, -0.15) is 0 Å². The van der Waals surface area contributed by atoms with E-state index in [4.69, 9.17) is 0 Å². The number of hydrogen-bond acceptors (Lipinski definition) is 3. The summed E-state index contributed by atoms with van der Waals surface area (Å²) >= 11 is 0. The molecule has 112 valence electrons. The number of imide groups is 1. The Balaban J connectivity index is 1.90. The molecule has 2 fully saturated rings. The molecule has 21 heavy (non-hydrogen) atoms. The van der Waals surface area contributed by atoms with E-state index in [1.165, 1.54) is 0 Å². The molecule has 1 aliphatic heterocycles. The largest absolute Gasteiger partial charge is 0.508 e. The van der Waals surface area contributed by atoms with Crippen molar-refractivity contribution in [1.29, 1.82) is 0 Å². The summed E-state index contributed by atoms with van der Waals surface area (Å²) in [5.74, 6) is 0.436. The van der Waals surface area contributed by atoms with Crippen LogP contribution in [0.3, 0.4) is 0 Å². The second-order valence-corrected chi connectivity index (χ2v) is 6.25. The molecule has 3 amide bonds. The number of urea groups is 1. The molecule has 1 spiro atoms. The van der Waals surface area contributed by atoms with E-state index in [0.29, 0.717) is 25.3 Å². The smallest absolute Gasteiger partial charge is 0.325 e. The summed E-state index contributed by atoms with van der Waals surface area (Å²) in [6.07, 6.45) is 3.48. The van der Waals surface area contributed by atoms with Gasteiger partial charge in [0.05, 0.1) is 0 Å². The SMILES string of the molecule is CC1CCCC2(C1)C(=O)NC(=O)N2Cc1cccc(O)c1. The van der Waals surface area contributed by atoms with Crippen LogP contribution in [-0.4, -0.2) is 27.5 Å². The van der Waals surface area contributed by atoms with E-state index in [1.807, 2.05) is 6.07 Å². The molecule has 2 aliphatic rings. The summed E-state index contributed by atoms with van der Waals surface area (Å²) < 4.78 is 0. The number of nitrogens with one attached hydrogen (secondary N) is 1. The second kappa shape index (κ2) is 5.06. The van der Waals surface area contributed by atoms with E-state index in [9.17, 15) is 14.7 Å². The number of carbonyl (C=O) groups excluding carboxylic acids is 2. The number of phenolic OH excluding ortho intramolecular Hbond substituents is 1. The molecule has 1 saturated carbocycles. The predicted octanol–water partition coefficient (Wildman–Crippen LogP) is 2.39.